The molecule has 1 atom stereocenters. The molecule has 0 radical (unpaired) electrons. The molecule has 24 heavy (non-hydrogen) atoms. The van der Waals surface area contributed by atoms with Crippen LogP contribution < -0.4 is 5.73 Å². The highest BCUT2D eigenvalue weighted by Crippen LogP contribution is 2.37. The number of hydrogen-bond donors (Lipinski definition) is 1. The Bertz CT molecular complexity index is 679. The van der Waals surface area contributed by atoms with Crippen molar-refractivity contribution in [3.8, 4) is 0 Å². The maximum absolute atomic E-state index is 14.0. The lowest BCUT2D eigenvalue weighted by Crippen LogP contribution is -2.47. The summed E-state index contributed by atoms with van der Waals surface area (Å²) < 4.78 is 27.5. The molecule has 0 saturated carbocycles. The first-order valence-electron chi connectivity index (χ1n) is 8.50. The van der Waals surface area contributed by atoms with E-state index in [-0.39, 0.29) is 17.3 Å². The van der Waals surface area contributed by atoms with E-state index in [1.807, 2.05) is 25.1 Å². The Morgan fingerprint density at radius 3 is 2.38 bits per heavy atom. The second-order valence-electron chi connectivity index (χ2n) is 6.73. The number of benzene rings is 2. The smallest absolute Gasteiger partial charge is 0.128 e. The summed E-state index contributed by atoms with van der Waals surface area (Å²) in [6.07, 6.45) is 1.85. The lowest BCUT2D eigenvalue weighted by Gasteiger charge is -2.43. The van der Waals surface area contributed by atoms with Crippen molar-refractivity contribution in [2.45, 2.75) is 31.2 Å². The van der Waals surface area contributed by atoms with Crippen molar-refractivity contribution in [2.75, 3.05) is 19.6 Å². The Balaban J connectivity index is 1.75. The second-order valence-corrected chi connectivity index (χ2v) is 6.73. The van der Waals surface area contributed by atoms with E-state index >= 15 is 0 Å². The van der Waals surface area contributed by atoms with Gasteiger partial charge in [-0.1, -0.05) is 30.3 Å². The van der Waals surface area contributed by atoms with Gasteiger partial charge < -0.3 is 5.73 Å². The van der Waals surface area contributed by atoms with Gasteiger partial charge in [-0.05, 0) is 56.6 Å². The highest BCUT2D eigenvalue weighted by atomic mass is 19.1. The van der Waals surface area contributed by atoms with Crippen LogP contribution >= 0.6 is 0 Å². The molecule has 0 amide bonds. The maximum atomic E-state index is 14.0. The first-order valence-corrected chi connectivity index (χ1v) is 8.50. The van der Waals surface area contributed by atoms with Crippen LogP contribution in [-0.4, -0.2) is 24.5 Å². The van der Waals surface area contributed by atoms with E-state index in [0.717, 1.165) is 32.0 Å². The van der Waals surface area contributed by atoms with Gasteiger partial charge in [-0.15, -0.1) is 0 Å². The first-order chi connectivity index (χ1) is 11.6. The summed E-state index contributed by atoms with van der Waals surface area (Å²) in [6.45, 7) is 4.19. The third-order valence-electron chi connectivity index (χ3n) is 5.49. The lowest BCUT2D eigenvalue weighted by atomic mass is 9.72. The van der Waals surface area contributed by atoms with Crippen LogP contribution in [0.2, 0.25) is 0 Å². The summed E-state index contributed by atoms with van der Waals surface area (Å²) in [7, 11) is 0. The molecule has 0 aliphatic carbocycles. The van der Waals surface area contributed by atoms with Gasteiger partial charge in [0.1, 0.15) is 11.6 Å². The summed E-state index contributed by atoms with van der Waals surface area (Å²) in [5.74, 6) is -0.738. The minimum atomic E-state index is -0.393. The molecule has 0 spiro atoms. The Morgan fingerprint density at radius 2 is 1.75 bits per heavy atom. The number of hydrogen-bond acceptors (Lipinski definition) is 2. The van der Waals surface area contributed by atoms with E-state index in [2.05, 4.69) is 17.0 Å². The third-order valence-corrected chi connectivity index (χ3v) is 5.49. The molecular weight excluding hydrogens is 306 g/mol. The molecule has 128 valence electrons. The van der Waals surface area contributed by atoms with Gasteiger partial charge in [-0.25, -0.2) is 8.78 Å². The van der Waals surface area contributed by atoms with Crippen molar-refractivity contribution >= 4 is 0 Å². The Morgan fingerprint density at radius 1 is 1.08 bits per heavy atom. The fraction of sp³-hybridized carbons (Fsp3) is 0.400. The monoisotopic (exact) mass is 330 g/mol. The first kappa shape index (κ1) is 17.1. The van der Waals surface area contributed by atoms with Crippen LogP contribution in [0.1, 0.15) is 36.9 Å². The molecule has 2 N–H and O–H groups in total. The summed E-state index contributed by atoms with van der Waals surface area (Å²) in [4.78, 5) is 2.22. The molecule has 1 aliphatic heterocycles. The highest BCUT2D eigenvalue weighted by molar-refractivity contribution is 5.27. The highest BCUT2D eigenvalue weighted by Gasteiger charge is 2.36. The van der Waals surface area contributed by atoms with Gasteiger partial charge >= 0.3 is 0 Å². The van der Waals surface area contributed by atoms with Crippen molar-refractivity contribution in [2.24, 2.45) is 5.73 Å². The zero-order valence-corrected chi connectivity index (χ0v) is 14.0. The van der Waals surface area contributed by atoms with Crippen LogP contribution in [-0.2, 0) is 5.41 Å². The fourth-order valence-corrected chi connectivity index (χ4v) is 3.77. The molecule has 2 aromatic rings. The summed E-state index contributed by atoms with van der Waals surface area (Å²) in [5.41, 5.74) is 7.80. The van der Waals surface area contributed by atoms with E-state index < -0.39 is 5.82 Å². The molecule has 1 fully saturated rings. The predicted molar refractivity (Wildman–Crippen MR) is 92.8 cm³/mol. The van der Waals surface area contributed by atoms with Crippen molar-refractivity contribution in [3.05, 3.63) is 71.3 Å². The molecule has 3 rings (SSSR count). The Hall–Kier alpha value is -1.78. The minimum Gasteiger partial charge on any atom is -0.330 e. The Kier molecular flexibility index (Phi) is 4.97. The molecular formula is C20H24F2N2. The van der Waals surface area contributed by atoms with Gasteiger partial charge in [0.2, 0.25) is 0 Å². The third kappa shape index (κ3) is 3.21. The van der Waals surface area contributed by atoms with Gasteiger partial charge in [-0.3, -0.25) is 4.90 Å². The zero-order valence-electron chi connectivity index (χ0n) is 14.0. The van der Waals surface area contributed by atoms with Crippen LogP contribution in [0.5, 0.6) is 0 Å². The van der Waals surface area contributed by atoms with E-state index in [1.165, 1.54) is 17.7 Å². The van der Waals surface area contributed by atoms with Crippen LogP contribution in [0.4, 0.5) is 8.78 Å². The van der Waals surface area contributed by atoms with E-state index in [1.54, 1.807) is 0 Å². The van der Waals surface area contributed by atoms with Crippen molar-refractivity contribution in [1.29, 1.82) is 0 Å². The number of halogens is 2. The largest absolute Gasteiger partial charge is 0.330 e. The maximum Gasteiger partial charge on any atom is 0.128 e. The van der Waals surface area contributed by atoms with Gasteiger partial charge in [0.25, 0.3) is 0 Å². The second kappa shape index (κ2) is 6.99. The minimum absolute atomic E-state index is 0.0159. The predicted octanol–water partition coefficient (Wildman–Crippen LogP) is 4.02. The van der Waals surface area contributed by atoms with Gasteiger partial charge in [0.05, 0.1) is 0 Å². The van der Waals surface area contributed by atoms with Gasteiger partial charge in [0, 0.05) is 23.6 Å². The standard InChI is InChI=1S/C20H24F2N2/c1-15(18-13-17(21)7-8-19(18)22)24-11-9-20(14-23,10-12-24)16-5-3-2-4-6-16/h2-8,13,15H,9-12,14,23H2,1H3. The number of rotatable bonds is 4. The van der Waals surface area contributed by atoms with Gasteiger partial charge in [0.15, 0.2) is 0 Å². The molecule has 0 bridgehead atoms. The number of piperidine rings is 1. The molecule has 1 heterocycles. The molecule has 0 aromatic heterocycles. The van der Waals surface area contributed by atoms with Crippen molar-refractivity contribution in [3.63, 3.8) is 0 Å². The molecule has 2 aromatic carbocycles. The van der Waals surface area contributed by atoms with E-state index in [0.29, 0.717) is 12.1 Å². The lowest BCUT2D eigenvalue weighted by molar-refractivity contribution is 0.122. The van der Waals surface area contributed by atoms with Crippen molar-refractivity contribution < 1.29 is 8.78 Å². The zero-order chi connectivity index (χ0) is 17.2. The fourth-order valence-electron chi connectivity index (χ4n) is 3.77. The molecule has 4 heteroatoms. The normalized spacial score (nSPS) is 19.2. The average molecular weight is 330 g/mol. The SMILES string of the molecule is CC(c1cc(F)ccc1F)N1CCC(CN)(c2ccccc2)CC1. The Labute approximate surface area is 142 Å². The summed E-state index contributed by atoms with van der Waals surface area (Å²) in [6, 6.07) is 13.9. The van der Waals surface area contributed by atoms with E-state index in [4.69, 9.17) is 5.73 Å². The van der Waals surface area contributed by atoms with E-state index in [9.17, 15) is 8.78 Å². The number of nitrogens with two attached hydrogens (primary N) is 1. The summed E-state index contributed by atoms with van der Waals surface area (Å²) >= 11 is 0. The van der Waals surface area contributed by atoms with Crippen molar-refractivity contribution in [1.82, 2.24) is 4.90 Å². The molecule has 1 aliphatic rings. The topological polar surface area (TPSA) is 29.3 Å². The number of likely N-dealkylation sites (tertiary alicyclic amines) is 1. The molecule has 1 saturated heterocycles. The number of nitrogens with zero attached hydrogens (tertiary/aromatic N) is 1. The average Bonchev–Trinajstić information content (AvgIpc) is 2.64. The summed E-state index contributed by atoms with van der Waals surface area (Å²) in [5, 5.41) is 0. The van der Waals surface area contributed by atoms with Crippen LogP contribution in [0, 0.1) is 11.6 Å². The van der Waals surface area contributed by atoms with Gasteiger partial charge in [-0.2, -0.15) is 0 Å². The van der Waals surface area contributed by atoms with Crippen LogP contribution in [0.25, 0.3) is 0 Å². The molecule has 2 nitrogen and oxygen atoms in total. The van der Waals surface area contributed by atoms with Crippen LogP contribution in [0.15, 0.2) is 48.5 Å². The van der Waals surface area contributed by atoms with Crippen LogP contribution in [0.3, 0.4) is 0 Å². The molecule has 1 unspecified atom stereocenters. The quantitative estimate of drug-likeness (QED) is 0.917.